The van der Waals surface area contributed by atoms with E-state index < -0.39 is 0 Å². The smallest absolute Gasteiger partial charge is 0.409 e. The van der Waals surface area contributed by atoms with Crippen LogP contribution in [0.4, 0.5) is 10.5 Å². The quantitative estimate of drug-likeness (QED) is 0.720. The second-order valence-corrected chi connectivity index (χ2v) is 6.27. The van der Waals surface area contributed by atoms with Gasteiger partial charge in [0.05, 0.1) is 26.5 Å². The minimum absolute atomic E-state index is 0.0149. The molecule has 8 heteroatoms. The fraction of sp³-hybridized carbons (Fsp3) is 0.579. The van der Waals surface area contributed by atoms with Gasteiger partial charge in [-0.25, -0.2) is 4.79 Å². The maximum Gasteiger partial charge on any atom is 0.409 e. The van der Waals surface area contributed by atoms with Crippen LogP contribution in [0.3, 0.4) is 0 Å². The fourth-order valence-electron chi connectivity index (χ4n) is 2.98. The van der Waals surface area contributed by atoms with Crippen LogP contribution in [0.25, 0.3) is 0 Å². The molecule has 0 radical (unpaired) electrons. The highest BCUT2D eigenvalue weighted by Crippen LogP contribution is 2.28. The monoisotopic (exact) mass is 379 g/mol. The Labute approximate surface area is 160 Å². The molecule has 0 bridgehead atoms. The summed E-state index contributed by atoms with van der Waals surface area (Å²) in [4.78, 5) is 25.6. The number of piperidine rings is 1. The number of benzene rings is 1. The third-order valence-electron chi connectivity index (χ3n) is 4.46. The molecule has 1 aromatic rings. The molecule has 1 saturated heterocycles. The van der Waals surface area contributed by atoms with Crippen molar-refractivity contribution >= 4 is 17.7 Å². The SMILES string of the molecule is CCOC(=O)N1CCC(NC(=O)CCNc2cc(OC)ccc2OC)CC1. The summed E-state index contributed by atoms with van der Waals surface area (Å²) in [7, 11) is 3.20. The molecule has 1 aromatic carbocycles. The number of rotatable bonds is 8. The maximum absolute atomic E-state index is 12.2. The third-order valence-corrected chi connectivity index (χ3v) is 4.46. The number of nitrogens with zero attached hydrogens (tertiary/aromatic N) is 1. The van der Waals surface area contributed by atoms with Crippen molar-refractivity contribution in [2.45, 2.75) is 32.2 Å². The average molecular weight is 379 g/mol. The van der Waals surface area contributed by atoms with Crippen LogP contribution in [0, 0.1) is 0 Å². The summed E-state index contributed by atoms with van der Waals surface area (Å²) >= 11 is 0. The highest BCUT2D eigenvalue weighted by molar-refractivity contribution is 5.77. The van der Waals surface area contributed by atoms with E-state index in [4.69, 9.17) is 14.2 Å². The maximum atomic E-state index is 12.2. The van der Waals surface area contributed by atoms with Crippen molar-refractivity contribution in [3.05, 3.63) is 18.2 Å². The molecular formula is C19H29N3O5. The molecule has 1 aliphatic heterocycles. The Hall–Kier alpha value is -2.64. The summed E-state index contributed by atoms with van der Waals surface area (Å²) in [6, 6.07) is 5.56. The Kier molecular flexibility index (Phi) is 8.03. The van der Waals surface area contributed by atoms with E-state index in [-0.39, 0.29) is 18.0 Å². The van der Waals surface area contributed by atoms with E-state index in [1.165, 1.54) is 0 Å². The molecule has 0 atom stereocenters. The van der Waals surface area contributed by atoms with Crippen molar-refractivity contribution in [1.29, 1.82) is 0 Å². The van der Waals surface area contributed by atoms with E-state index in [1.807, 2.05) is 18.2 Å². The van der Waals surface area contributed by atoms with E-state index in [0.717, 1.165) is 24.3 Å². The molecule has 150 valence electrons. The van der Waals surface area contributed by atoms with E-state index in [0.29, 0.717) is 38.4 Å². The van der Waals surface area contributed by atoms with Crippen LogP contribution in [0.2, 0.25) is 0 Å². The molecule has 0 spiro atoms. The van der Waals surface area contributed by atoms with Crippen LogP contribution in [0.1, 0.15) is 26.2 Å². The number of likely N-dealkylation sites (tertiary alicyclic amines) is 1. The largest absolute Gasteiger partial charge is 0.497 e. The lowest BCUT2D eigenvalue weighted by Crippen LogP contribution is -2.46. The van der Waals surface area contributed by atoms with Gasteiger partial charge in [-0.1, -0.05) is 0 Å². The molecule has 0 unspecified atom stereocenters. The molecular weight excluding hydrogens is 350 g/mol. The molecule has 8 nitrogen and oxygen atoms in total. The summed E-state index contributed by atoms with van der Waals surface area (Å²) in [5, 5.41) is 6.24. The standard InChI is InChI=1S/C19H29N3O5/c1-4-27-19(24)22-11-8-14(9-12-22)21-18(23)7-10-20-16-13-15(25-2)5-6-17(16)26-3/h5-6,13-14,20H,4,7-12H2,1-3H3,(H,21,23). The van der Waals surface area contributed by atoms with Gasteiger partial charge in [-0.2, -0.15) is 0 Å². The Morgan fingerprint density at radius 2 is 1.93 bits per heavy atom. The molecule has 2 rings (SSSR count). The highest BCUT2D eigenvalue weighted by atomic mass is 16.6. The van der Waals surface area contributed by atoms with Gasteiger partial charge in [-0.05, 0) is 31.9 Å². The van der Waals surface area contributed by atoms with Gasteiger partial charge >= 0.3 is 6.09 Å². The number of carbonyl (C=O) groups is 2. The predicted octanol–water partition coefficient (Wildman–Crippen LogP) is 2.24. The van der Waals surface area contributed by atoms with Gasteiger partial charge in [0.1, 0.15) is 11.5 Å². The summed E-state index contributed by atoms with van der Waals surface area (Å²) in [6.45, 7) is 3.85. The van der Waals surface area contributed by atoms with Gasteiger partial charge in [0.2, 0.25) is 5.91 Å². The number of hydrogen-bond acceptors (Lipinski definition) is 6. The first kappa shape index (κ1) is 20.7. The molecule has 1 fully saturated rings. The number of methoxy groups -OCH3 is 2. The lowest BCUT2D eigenvalue weighted by Gasteiger charge is -2.31. The van der Waals surface area contributed by atoms with Crippen LogP contribution < -0.4 is 20.1 Å². The second-order valence-electron chi connectivity index (χ2n) is 6.27. The van der Waals surface area contributed by atoms with E-state index in [9.17, 15) is 9.59 Å². The van der Waals surface area contributed by atoms with Crippen molar-refractivity contribution in [3.8, 4) is 11.5 Å². The third kappa shape index (κ3) is 6.23. The van der Waals surface area contributed by atoms with Gasteiger partial charge in [-0.3, -0.25) is 4.79 Å². The zero-order chi connectivity index (χ0) is 19.6. The number of hydrogen-bond donors (Lipinski definition) is 2. The van der Waals surface area contributed by atoms with Crippen LogP contribution in [-0.2, 0) is 9.53 Å². The first-order valence-electron chi connectivity index (χ1n) is 9.24. The van der Waals surface area contributed by atoms with Gasteiger partial charge in [0, 0.05) is 38.2 Å². The first-order chi connectivity index (χ1) is 13.1. The van der Waals surface area contributed by atoms with Crippen molar-refractivity contribution in [2.24, 2.45) is 0 Å². The lowest BCUT2D eigenvalue weighted by atomic mass is 10.1. The van der Waals surface area contributed by atoms with Crippen LogP contribution >= 0.6 is 0 Å². The lowest BCUT2D eigenvalue weighted by molar-refractivity contribution is -0.121. The summed E-state index contributed by atoms with van der Waals surface area (Å²) < 4.78 is 15.5. The Balaban J connectivity index is 1.72. The van der Waals surface area contributed by atoms with Crippen molar-refractivity contribution < 1.29 is 23.8 Å². The minimum atomic E-state index is -0.279. The zero-order valence-corrected chi connectivity index (χ0v) is 16.2. The molecule has 0 saturated carbocycles. The normalized spacial score (nSPS) is 14.4. The van der Waals surface area contributed by atoms with Crippen molar-refractivity contribution in [3.63, 3.8) is 0 Å². The predicted molar refractivity (Wildman–Crippen MR) is 102 cm³/mol. The molecule has 0 aliphatic carbocycles. The zero-order valence-electron chi connectivity index (χ0n) is 16.2. The van der Waals surface area contributed by atoms with Crippen LogP contribution in [0.5, 0.6) is 11.5 Å². The van der Waals surface area contributed by atoms with Crippen LogP contribution in [0.15, 0.2) is 18.2 Å². The first-order valence-corrected chi connectivity index (χ1v) is 9.24. The summed E-state index contributed by atoms with van der Waals surface area (Å²) in [5.74, 6) is 1.40. The van der Waals surface area contributed by atoms with Crippen molar-refractivity contribution in [1.82, 2.24) is 10.2 Å². The molecule has 1 aliphatic rings. The molecule has 0 aromatic heterocycles. The van der Waals surface area contributed by atoms with Gasteiger partial charge in [-0.15, -0.1) is 0 Å². The second kappa shape index (κ2) is 10.5. The van der Waals surface area contributed by atoms with Gasteiger partial charge < -0.3 is 29.7 Å². The number of nitrogens with one attached hydrogen (secondary N) is 2. The molecule has 2 amide bonds. The average Bonchev–Trinajstić information content (AvgIpc) is 2.68. The van der Waals surface area contributed by atoms with Crippen LogP contribution in [-0.4, -0.2) is 63.4 Å². The molecule has 1 heterocycles. The number of anilines is 1. The Morgan fingerprint density at radius 3 is 2.56 bits per heavy atom. The van der Waals surface area contributed by atoms with E-state index in [2.05, 4.69) is 10.6 Å². The van der Waals surface area contributed by atoms with Gasteiger partial charge in [0.25, 0.3) is 0 Å². The number of carbonyl (C=O) groups excluding carboxylic acids is 2. The summed E-state index contributed by atoms with van der Waals surface area (Å²) in [5.41, 5.74) is 0.785. The minimum Gasteiger partial charge on any atom is -0.497 e. The van der Waals surface area contributed by atoms with Crippen molar-refractivity contribution in [2.75, 3.05) is 45.8 Å². The van der Waals surface area contributed by atoms with E-state index >= 15 is 0 Å². The number of ether oxygens (including phenoxy) is 3. The topological polar surface area (TPSA) is 89.1 Å². The number of amides is 2. The van der Waals surface area contributed by atoms with E-state index in [1.54, 1.807) is 26.0 Å². The Bertz CT molecular complexity index is 630. The molecule has 2 N–H and O–H groups in total. The Morgan fingerprint density at radius 1 is 1.19 bits per heavy atom. The molecule has 27 heavy (non-hydrogen) atoms. The summed E-state index contributed by atoms with van der Waals surface area (Å²) in [6.07, 6.45) is 1.54. The highest BCUT2D eigenvalue weighted by Gasteiger charge is 2.24. The van der Waals surface area contributed by atoms with Gasteiger partial charge in [0.15, 0.2) is 0 Å². The fourth-order valence-corrected chi connectivity index (χ4v) is 2.98.